The van der Waals surface area contributed by atoms with Crippen LogP contribution in [0.3, 0.4) is 0 Å². The Labute approximate surface area is 144 Å². The van der Waals surface area contributed by atoms with Crippen molar-refractivity contribution in [2.45, 2.75) is 20.3 Å². The molecule has 1 aromatic carbocycles. The number of rotatable bonds is 2. The van der Waals surface area contributed by atoms with Crippen molar-refractivity contribution in [2.75, 3.05) is 4.90 Å². The molecule has 128 valence electrons. The highest BCUT2D eigenvalue weighted by Gasteiger charge is 2.67. The highest BCUT2D eigenvalue weighted by molar-refractivity contribution is 6.23. The number of benzene rings is 1. The molecule has 6 nitrogen and oxygen atoms in total. The van der Waals surface area contributed by atoms with E-state index in [0.717, 1.165) is 22.4 Å². The lowest BCUT2D eigenvalue weighted by Crippen LogP contribution is -2.40. The molecule has 6 atom stereocenters. The van der Waals surface area contributed by atoms with Crippen LogP contribution in [0, 0.1) is 59.5 Å². The zero-order chi connectivity index (χ0) is 17.6. The number of amides is 2. The number of carbonyl (C=O) groups is 2. The SMILES string of the molecule is Cc1cc(N2C(=O)[C@@H]3[C@H]4C=C[C@@H]([C@@H]5C[C@@H]45)[C@H]3C2=O)c([N+](=O)[O-])cc1C. The summed E-state index contributed by atoms with van der Waals surface area (Å²) in [7, 11) is 0. The van der Waals surface area contributed by atoms with Gasteiger partial charge in [0, 0.05) is 6.07 Å². The molecule has 1 aliphatic heterocycles. The fourth-order valence-corrected chi connectivity index (χ4v) is 5.31. The van der Waals surface area contributed by atoms with E-state index >= 15 is 0 Å². The molecule has 0 N–H and O–H groups in total. The zero-order valence-electron chi connectivity index (χ0n) is 14.0. The van der Waals surface area contributed by atoms with Crippen LogP contribution in [-0.4, -0.2) is 16.7 Å². The first-order valence-electron chi connectivity index (χ1n) is 8.72. The molecule has 25 heavy (non-hydrogen) atoms. The van der Waals surface area contributed by atoms with E-state index in [1.54, 1.807) is 13.0 Å². The number of hydrogen-bond acceptors (Lipinski definition) is 4. The Morgan fingerprint density at radius 2 is 1.52 bits per heavy atom. The first-order chi connectivity index (χ1) is 11.9. The predicted octanol–water partition coefficient (Wildman–Crippen LogP) is 2.77. The van der Waals surface area contributed by atoms with Gasteiger partial charge in [0.15, 0.2) is 0 Å². The van der Waals surface area contributed by atoms with Gasteiger partial charge >= 0.3 is 0 Å². The Hall–Kier alpha value is -2.50. The highest BCUT2D eigenvalue weighted by Crippen LogP contribution is 2.65. The molecule has 4 aliphatic carbocycles. The molecule has 1 aromatic rings. The lowest BCUT2D eigenvalue weighted by Gasteiger charge is -2.37. The summed E-state index contributed by atoms with van der Waals surface area (Å²) in [5.74, 6) is 0.0708. The van der Waals surface area contributed by atoms with E-state index in [9.17, 15) is 19.7 Å². The monoisotopic (exact) mass is 338 g/mol. The van der Waals surface area contributed by atoms with Crippen LogP contribution in [0.15, 0.2) is 24.3 Å². The molecule has 0 aromatic heterocycles. The summed E-state index contributed by atoms with van der Waals surface area (Å²) in [5.41, 5.74) is 1.56. The molecule has 0 unspecified atom stereocenters. The predicted molar refractivity (Wildman–Crippen MR) is 89.8 cm³/mol. The Morgan fingerprint density at radius 3 is 2.04 bits per heavy atom. The summed E-state index contributed by atoms with van der Waals surface area (Å²) in [6, 6.07) is 3.06. The largest absolute Gasteiger partial charge is 0.293 e. The fourth-order valence-electron chi connectivity index (χ4n) is 5.31. The molecule has 0 radical (unpaired) electrons. The van der Waals surface area contributed by atoms with Crippen LogP contribution >= 0.6 is 0 Å². The normalized spacial score (nSPS) is 37.3. The number of anilines is 1. The second kappa shape index (κ2) is 4.56. The Bertz CT molecular complexity index is 854. The van der Waals surface area contributed by atoms with Gasteiger partial charge in [0.1, 0.15) is 5.69 Å². The van der Waals surface area contributed by atoms with Crippen LogP contribution in [0.2, 0.25) is 0 Å². The summed E-state index contributed by atoms with van der Waals surface area (Å²) >= 11 is 0. The summed E-state index contributed by atoms with van der Waals surface area (Å²) in [5, 5.41) is 11.5. The maximum absolute atomic E-state index is 13.1. The topological polar surface area (TPSA) is 80.5 Å². The van der Waals surface area contributed by atoms with Crippen molar-refractivity contribution in [3.05, 3.63) is 45.5 Å². The van der Waals surface area contributed by atoms with E-state index in [0.29, 0.717) is 11.8 Å². The van der Waals surface area contributed by atoms with Crippen molar-refractivity contribution in [1.82, 2.24) is 0 Å². The molecule has 2 saturated carbocycles. The first-order valence-corrected chi connectivity index (χ1v) is 8.72. The smallest absolute Gasteiger partial charge is 0.274 e. The number of hydrogen-bond donors (Lipinski definition) is 0. The Kier molecular flexibility index (Phi) is 2.70. The first kappa shape index (κ1) is 14.8. The van der Waals surface area contributed by atoms with Gasteiger partial charge in [-0.25, -0.2) is 4.90 Å². The minimum absolute atomic E-state index is 0.118. The average molecular weight is 338 g/mol. The number of imide groups is 1. The van der Waals surface area contributed by atoms with Crippen LogP contribution < -0.4 is 4.90 Å². The van der Waals surface area contributed by atoms with E-state index in [4.69, 9.17) is 0 Å². The molecule has 6 heteroatoms. The van der Waals surface area contributed by atoms with Crippen molar-refractivity contribution in [1.29, 1.82) is 0 Å². The van der Waals surface area contributed by atoms with Crippen molar-refractivity contribution >= 4 is 23.2 Å². The molecule has 1 saturated heterocycles. The van der Waals surface area contributed by atoms with Crippen LogP contribution in [0.25, 0.3) is 0 Å². The van der Waals surface area contributed by atoms with Gasteiger partial charge in [-0.05, 0) is 61.1 Å². The van der Waals surface area contributed by atoms with Gasteiger partial charge in [0.05, 0.1) is 16.8 Å². The van der Waals surface area contributed by atoms with E-state index in [1.165, 1.54) is 6.07 Å². The molecule has 1 heterocycles. The molecule has 3 fully saturated rings. The zero-order valence-corrected chi connectivity index (χ0v) is 14.0. The Balaban J connectivity index is 1.63. The van der Waals surface area contributed by atoms with Crippen LogP contribution in [0.1, 0.15) is 17.5 Å². The van der Waals surface area contributed by atoms with E-state index in [2.05, 4.69) is 12.2 Å². The van der Waals surface area contributed by atoms with Gasteiger partial charge < -0.3 is 0 Å². The van der Waals surface area contributed by atoms with E-state index < -0.39 is 4.92 Å². The third kappa shape index (κ3) is 1.74. The standard InChI is InChI=1S/C19H18N2O4/c1-8-5-14(15(21(24)25)6-9(8)2)20-18(22)16-10-3-4-11(13-7-12(10)13)17(16)19(20)23/h3-6,10-13,16-17H,7H2,1-2H3/t10-,11-,12-,13-,16+,17+/m0/s1. The van der Waals surface area contributed by atoms with Crippen molar-refractivity contribution < 1.29 is 14.5 Å². The molecular formula is C19H18N2O4. The number of carbonyl (C=O) groups excluding carboxylic acids is 2. The lowest BCUT2D eigenvalue weighted by atomic mass is 9.63. The summed E-state index contributed by atoms with van der Waals surface area (Å²) in [6.45, 7) is 3.62. The van der Waals surface area contributed by atoms with Gasteiger partial charge in [-0.2, -0.15) is 0 Å². The molecule has 2 amide bonds. The quantitative estimate of drug-likeness (QED) is 0.359. The summed E-state index contributed by atoms with van der Waals surface area (Å²) in [6.07, 6.45) is 5.30. The van der Waals surface area contributed by atoms with Crippen molar-refractivity contribution in [2.24, 2.45) is 35.5 Å². The third-order valence-corrected chi connectivity index (χ3v) is 6.69. The van der Waals surface area contributed by atoms with Gasteiger partial charge in [0.2, 0.25) is 11.8 Å². The maximum Gasteiger partial charge on any atom is 0.293 e. The Morgan fingerprint density at radius 1 is 1.00 bits per heavy atom. The van der Waals surface area contributed by atoms with E-state index in [-0.39, 0.29) is 46.9 Å². The fraction of sp³-hybridized carbons (Fsp3) is 0.474. The number of nitrogens with zero attached hydrogens (tertiary/aromatic N) is 2. The van der Waals surface area contributed by atoms with Gasteiger partial charge in [-0.15, -0.1) is 0 Å². The van der Waals surface area contributed by atoms with Crippen LogP contribution in [0.4, 0.5) is 11.4 Å². The number of nitro groups is 1. The highest BCUT2D eigenvalue weighted by atomic mass is 16.6. The van der Waals surface area contributed by atoms with Crippen LogP contribution in [-0.2, 0) is 9.59 Å². The average Bonchev–Trinajstić information content (AvgIpc) is 3.34. The van der Waals surface area contributed by atoms with Gasteiger partial charge in [0.25, 0.3) is 5.69 Å². The second-order valence-electron chi connectivity index (χ2n) is 7.85. The second-order valence-corrected chi connectivity index (χ2v) is 7.85. The van der Waals surface area contributed by atoms with Crippen LogP contribution in [0.5, 0.6) is 0 Å². The van der Waals surface area contributed by atoms with Crippen molar-refractivity contribution in [3.63, 3.8) is 0 Å². The van der Waals surface area contributed by atoms with E-state index in [1.807, 2.05) is 6.92 Å². The number of aryl methyl sites for hydroxylation is 2. The van der Waals surface area contributed by atoms with Gasteiger partial charge in [-0.1, -0.05) is 12.2 Å². The summed E-state index contributed by atoms with van der Waals surface area (Å²) in [4.78, 5) is 38.4. The third-order valence-electron chi connectivity index (χ3n) is 6.69. The minimum Gasteiger partial charge on any atom is -0.274 e. The van der Waals surface area contributed by atoms with Crippen molar-refractivity contribution in [3.8, 4) is 0 Å². The van der Waals surface area contributed by atoms with Gasteiger partial charge in [-0.3, -0.25) is 19.7 Å². The molecule has 0 spiro atoms. The lowest BCUT2D eigenvalue weighted by molar-refractivity contribution is -0.384. The number of nitro benzene ring substituents is 1. The molecule has 6 rings (SSSR count). The molecule has 5 aliphatic rings. The number of allylic oxidation sites excluding steroid dienone is 2. The molecule has 2 bridgehead atoms. The molecular weight excluding hydrogens is 320 g/mol. The minimum atomic E-state index is -0.505. The summed E-state index contributed by atoms with van der Waals surface area (Å²) < 4.78 is 0. The maximum atomic E-state index is 13.1.